The van der Waals surface area contributed by atoms with Crippen LogP contribution < -0.4 is 9.47 Å². The van der Waals surface area contributed by atoms with Crippen molar-refractivity contribution in [1.29, 1.82) is 0 Å². The van der Waals surface area contributed by atoms with Crippen molar-refractivity contribution in [2.75, 3.05) is 6.61 Å². The molecule has 3 heteroatoms. The Morgan fingerprint density at radius 1 is 1.00 bits per heavy atom. The third-order valence-electron chi connectivity index (χ3n) is 2.70. The number of hydrogen-bond acceptors (Lipinski definition) is 3. The van der Waals surface area contributed by atoms with Crippen LogP contribution in [0.25, 0.3) is 0 Å². The molecule has 0 saturated carbocycles. The molecule has 0 aliphatic carbocycles. The van der Waals surface area contributed by atoms with Crippen LogP contribution in [0.4, 0.5) is 0 Å². The van der Waals surface area contributed by atoms with Crippen molar-refractivity contribution in [2.45, 2.75) is 6.61 Å². The lowest BCUT2D eigenvalue weighted by Gasteiger charge is -2.12. The van der Waals surface area contributed by atoms with Gasteiger partial charge in [-0.2, -0.15) is 0 Å². The first-order chi connectivity index (χ1) is 9.83. The van der Waals surface area contributed by atoms with Crippen LogP contribution in [0, 0.1) is 0 Å². The predicted molar refractivity (Wildman–Crippen MR) is 78.3 cm³/mol. The van der Waals surface area contributed by atoms with Crippen molar-refractivity contribution >= 4 is 6.29 Å². The van der Waals surface area contributed by atoms with E-state index in [4.69, 9.17) is 9.47 Å². The van der Waals surface area contributed by atoms with Crippen molar-refractivity contribution < 1.29 is 14.3 Å². The molecule has 0 spiro atoms. The molecular weight excluding hydrogens is 252 g/mol. The summed E-state index contributed by atoms with van der Waals surface area (Å²) in [4.78, 5) is 10.8. The van der Waals surface area contributed by atoms with Crippen LogP contribution in [0.5, 0.6) is 11.5 Å². The average molecular weight is 268 g/mol. The van der Waals surface area contributed by atoms with Crippen LogP contribution in [-0.2, 0) is 6.61 Å². The molecule has 0 fully saturated rings. The maximum atomic E-state index is 10.8. The van der Waals surface area contributed by atoms with Crippen molar-refractivity contribution in [1.82, 2.24) is 0 Å². The van der Waals surface area contributed by atoms with E-state index in [0.29, 0.717) is 30.3 Å². The summed E-state index contributed by atoms with van der Waals surface area (Å²) >= 11 is 0. The first-order valence-corrected chi connectivity index (χ1v) is 6.33. The van der Waals surface area contributed by atoms with Gasteiger partial charge in [-0.3, -0.25) is 4.79 Å². The fourth-order valence-electron chi connectivity index (χ4n) is 1.71. The van der Waals surface area contributed by atoms with Gasteiger partial charge in [0, 0.05) is 5.56 Å². The molecule has 2 aromatic rings. The Kier molecular flexibility index (Phi) is 4.95. The maximum absolute atomic E-state index is 10.8. The topological polar surface area (TPSA) is 35.5 Å². The van der Waals surface area contributed by atoms with Crippen LogP contribution in [0.1, 0.15) is 15.9 Å². The van der Waals surface area contributed by atoms with Crippen LogP contribution >= 0.6 is 0 Å². The number of carbonyl (C=O) groups excluding carboxylic acids is 1. The predicted octanol–water partition coefficient (Wildman–Crippen LogP) is 3.64. The summed E-state index contributed by atoms with van der Waals surface area (Å²) in [6.07, 6.45) is 2.45. The highest BCUT2D eigenvalue weighted by Gasteiger charge is 2.06. The Morgan fingerprint density at radius 3 is 2.50 bits per heavy atom. The number of ether oxygens (including phenoxy) is 2. The monoisotopic (exact) mass is 268 g/mol. The number of hydrogen-bond donors (Lipinski definition) is 0. The van der Waals surface area contributed by atoms with Crippen molar-refractivity contribution in [2.24, 2.45) is 0 Å². The van der Waals surface area contributed by atoms with Crippen LogP contribution in [0.3, 0.4) is 0 Å². The number of carbonyl (C=O) groups is 1. The second-order valence-corrected chi connectivity index (χ2v) is 4.20. The molecule has 0 aliphatic rings. The Morgan fingerprint density at radius 2 is 1.80 bits per heavy atom. The normalized spacial score (nSPS) is 9.80. The Bertz CT molecular complexity index is 576. The van der Waals surface area contributed by atoms with Crippen molar-refractivity contribution in [3.63, 3.8) is 0 Å². The van der Waals surface area contributed by atoms with E-state index < -0.39 is 0 Å². The molecule has 0 heterocycles. The quantitative estimate of drug-likeness (QED) is 0.568. The van der Waals surface area contributed by atoms with Crippen molar-refractivity contribution in [3.05, 3.63) is 72.3 Å². The van der Waals surface area contributed by atoms with E-state index in [1.807, 2.05) is 30.3 Å². The zero-order valence-electron chi connectivity index (χ0n) is 11.1. The summed E-state index contributed by atoms with van der Waals surface area (Å²) in [5, 5.41) is 0. The fourth-order valence-corrected chi connectivity index (χ4v) is 1.71. The van der Waals surface area contributed by atoms with E-state index in [1.165, 1.54) is 0 Å². The zero-order valence-corrected chi connectivity index (χ0v) is 11.1. The summed E-state index contributed by atoms with van der Waals surface area (Å²) in [6.45, 7) is 4.43. The van der Waals surface area contributed by atoms with Gasteiger partial charge in [-0.1, -0.05) is 43.0 Å². The van der Waals surface area contributed by atoms with Crippen molar-refractivity contribution in [3.8, 4) is 11.5 Å². The van der Waals surface area contributed by atoms with Gasteiger partial charge in [0.2, 0.25) is 0 Å². The molecule has 0 bridgehead atoms. The molecule has 2 aromatic carbocycles. The van der Waals surface area contributed by atoms with E-state index >= 15 is 0 Å². The van der Waals surface area contributed by atoms with Gasteiger partial charge in [0.05, 0.1) is 0 Å². The van der Waals surface area contributed by atoms with Gasteiger partial charge in [-0.25, -0.2) is 0 Å². The van der Waals surface area contributed by atoms with Gasteiger partial charge in [-0.15, -0.1) is 0 Å². The molecule has 0 aliphatic heterocycles. The lowest BCUT2D eigenvalue weighted by Crippen LogP contribution is -2.00. The third-order valence-corrected chi connectivity index (χ3v) is 2.70. The largest absolute Gasteiger partial charge is 0.486 e. The van der Waals surface area contributed by atoms with E-state index in [-0.39, 0.29) is 0 Å². The molecule has 102 valence electrons. The minimum atomic E-state index is 0.391. The third kappa shape index (κ3) is 3.72. The minimum absolute atomic E-state index is 0.391. The van der Waals surface area contributed by atoms with Crippen LogP contribution in [0.2, 0.25) is 0 Å². The molecular formula is C17H16O3. The van der Waals surface area contributed by atoms with Gasteiger partial charge < -0.3 is 9.47 Å². The Balaban J connectivity index is 2.14. The lowest BCUT2D eigenvalue weighted by molar-refractivity contribution is 0.112. The van der Waals surface area contributed by atoms with Gasteiger partial charge in [0.15, 0.2) is 11.5 Å². The Hall–Kier alpha value is -2.55. The second kappa shape index (κ2) is 7.14. The highest BCUT2D eigenvalue weighted by atomic mass is 16.5. The first kappa shape index (κ1) is 13.9. The highest BCUT2D eigenvalue weighted by Crippen LogP contribution is 2.28. The van der Waals surface area contributed by atoms with Gasteiger partial charge >= 0.3 is 0 Å². The minimum Gasteiger partial charge on any atom is -0.486 e. The van der Waals surface area contributed by atoms with E-state index in [9.17, 15) is 4.79 Å². The molecule has 0 radical (unpaired) electrons. The molecule has 0 amide bonds. The maximum Gasteiger partial charge on any atom is 0.162 e. The summed E-state index contributed by atoms with van der Waals surface area (Å²) < 4.78 is 11.3. The number of benzene rings is 2. The standard InChI is InChI=1S/C17H16O3/c1-2-10-19-16-9-8-15(12-18)11-17(16)20-13-14-6-4-3-5-7-14/h2-9,11-12H,1,10,13H2. The van der Waals surface area contributed by atoms with E-state index in [1.54, 1.807) is 24.3 Å². The second-order valence-electron chi connectivity index (χ2n) is 4.20. The van der Waals surface area contributed by atoms with Gasteiger partial charge in [0.25, 0.3) is 0 Å². The SMILES string of the molecule is C=CCOc1ccc(C=O)cc1OCc1ccccc1. The van der Waals surface area contributed by atoms with Crippen LogP contribution in [-0.4, -0.2) is 12.9 Å². The molecule has 0 saturated heterocycles. The van der Waals surface area contributed by atoms with Crippen LogP contribution in [0.15, 0.2) is 61.2 Å². The number of aldehydes is 1. The summed E-state index contributed by atoms with van der Waals surface area (Å²) in [5.41, 5.74) is 1.61. The molecule has 0 atom stereocenters. The molecule has 20 heavy (non-hydrogen) atoms. The molecule has 0 aromatic heterocycles. The van der Waals surface area contributed by atoms with Gasteiger partial charge in [-0.05, 0) is 23.8 Å². The zero-order chi connectivity index (χ0) is 14.2. The Labute approximate surface area is 118 Å². The summed E-state index contributed by atoms with van der Waals surface area (Å²) in [7, 11) is 0. The average Bonchev–Trinajstić information content (AvgIpc) is 2.52. The summed E-state index contributed by atoms with van der Waals surface area (Å²) in [5.74, 6) is 1.16. The molecule has 0 unspecified atom stereocenters. The lowest BCUT2D eigenvalue weighted by atomic mass is 10.2. The molecule has 2 rings (SSSR count). The van der Waals surface area contributed by atoms with E-state index in [0.717, 1.165) is 11.8 Å². The van der Waals surface area contributed by atoms with Gasteiger partial charge in [0.1, 0.15) is 19.5 Å². The first-order valence-electron chi connectivity index (χ1n) is 6.33. The fraction of sp³-hybridized carbons (Fsp3) is 0.118. The molecule has 0 N–H and O–H groups in total. The highest BCUT2D eigenvalue weighted by molar-refractivity contribution is 5.76. The summed E-state index contributed by atoms with van der Waals surface area (Å²) in [6, 6.07) is 14.9. The smallest absolute Gasteiger partial charge is 0.162 e. The van der Waals surface area contributed by atoms with E-state index in [2.05, 4.69) is 6.58 Å². The number of rotatable bonds is 7. The molecule has 3 nitrogen and oxygen atoms in total.